The first-order chi connectivity index (χ1) is 45.3. The molecule has 3 aliphatic rings. The highest BCUT2D eigenvalue weighted by Gasteiger charge is 2.51. The van der Waals surface area contributed by atoms with Crippen LogP contribution in [0.3, 0.4) is 0 Å². The van der Waals surface area contributed by atoms with Gasteiger partial charge in [-0.25, -0.2) is 10.9 Å². The average Bonchev–Trinajstić information content (AvgIpc) is 0.712. The highest BCUT2D eigenvalue weighted by Crippen LogP contribution is 2.52. The van der Waals surface area contributed by atoms with Crippen LogP contribution in [0.25, 0.3) is 0 Å². The maximum Gasteiger partial charge on any atom is 0.306 e. The second kappa shape index (κ2) is 34.3. The molecule has 3 aromatic rings. The number of benzene rings is 3. The van der Waals surface area contributed by atoms with Crippen LogP contribution in [0.4, 0.5) is 0 Å². The van der Waals surface area contributed by atoms with E-state index in [1.807, 2.05) is 0 Å². The van der Waals surface area contributed by atoms with Crippen LogP contribution in [0.1, 0.15) is 152 Å². The van der Waals surface area contributed by atoms with E-state index in [-0.39, 0.29) is 91.8 Å². The fraction of sp³-hybridized carbons (Fsp3) is 0.492. The van der Waals surface area contributed by atoms with Crippen LogP contribution in [0, 0.1) is 0 Å². The summed E-state index contributed by atoms with van der Waals surface area (Å²) in [5, 5.41) is 65.8. The summed E-state index contributed by atoms with van der Waals surface area (Å²) < 4.78 is 17.2. The highest BCUT2D eigenvalue weighted by atomic mass is 16.7. The lowest BCUT2D eigenvalue weighted by Gasteiger charge is -2.42. The first-order valence-corrected chi connectivity index (χ1v) is 30.8. The lowest BCUT2D eigenvalue weighted by molar-refractivity contribution is -0.247. The van der Waals surface area contributed by atoms with Crippen LogP contribution < -0.4 is 60.8 Å². The Kier molecular flexibility index (Phi) is 27.0. The van der Waals surface area contributed by atoms with E-state index < -0.39 is 217 Å². The van der Waals surface area contributed by atoms with Gasteiger partial charge >= 0.3 is 5.97 Å². The first-order valence-electron chi connectivity index (χ1n) is 30.8. The minimum atomic E-state index is -2.54. The molecule has 520 valence electrons. The maximum atomic E-state index is 14.2. The van der Waals surface area contributed by atoms with Crippen molar-refractivity contribution >= 4 is 82.1 Å². The fourth-order valence-corrected chi connectivity index (χ4v) is 11.4. The number of hydrogen-bond donors (Lipinski definition) is 16. The van der Waals surface area contributed by atoms with Gasteiger partial charge in [0.2, 0.25) is 52.8 Å². The predicted molar refractivity (Wildman–Crippen MR) is 335 cm³/mol. The summed E-state index contributed by atoms with van der Waals surface area (Å²) in [5.74, 6) is -14.5. The summed E-state index contributed by atoms with van der Waals surface area (Å²) in [7, 11) is 0. The van der Waals surface area contributed by atoms with Gasteiger partial charge in [0.15, 0.2) is 30.4 Å². The van der Waals surface area contributed by atoms with Crippen molar-refractivity contribution in [1.29, 1.82) is 0 Å². The van der Waals surface area contributed by atoms with Crippen molar-refractivity contribution in [3.8, 4) is 11.5 Å². The van der Waals surface area contributed by atoms with Gasteiger partial charge in [-0.2, -0.15) is 0 Å². The zero-order valence-corrected chi connectivity index (χ0v) is 53.0. The van der Waals surface area contributed by atoms with E-state index >= 15 is 0 Å². The molecule has 1 heterocycles. The van der Waals surface area contributed by atoms with E-state index in [0.717, 1.165) is 6.92 Å². The molecule has 0 bridgehead atoms. The number of nitrogens with two attached hydrogens (primary N) is 5. The van der Waals surface area contributed by atoms with Gasteiger partial charge in [0.05, 0.1) is 67.4 Å². The molecule has 33 heteroatoms. The van der Waals surface area contributed by atoms with Gasteiger partial charge in [0.25, 0.3) is 0 Å². The van der Waals surface area contributed by atoms with Gasteiger partial charge in [0.1, 0.15) is 41.0 Å². The summed E-state index contributed by atoms with van der Waals surface area (Å²) in [6.07, 6.45) is -8.57. The number of fused-ring (bicyclic) bond motifs is 3. The Morgan fingerprint density at radius 1 is 0.740 bits per heavy atom. The standard InChI is InChI=1S/C63H82N12O21/c1-29(77)37(74-75-40(21-32-11-5-4-6-12-32)57(88)56(87)39(23-44(65)80)72-61(92)41(24-45(66)81)73-60(91)38(71-31(3)78)16-10-20-70-62(67)68)15-7-8-19-69-46(82)17-18-47(83)94-28-43(79)63(93)25-35-50(42(26-63)96-48-22-36(64)53(84)30(2)95-48)59(90)52-51(55(35)86)54(85)34-14-9-13-33(27-76)49(34)58(52)89/h4-6,9,11-14,30,36-42,48,53,74-76,84,86,90,93H,7-8,10,15-28,64H2,1-3H3,(H2,65,80)(H2,66,81)(H,69,82)(H,71,78)(H,72,92)(H,73,91)(H4,67,68,70)/t30-,36-,37-,38-,39?,40-,41-,42-,48-,53+,63-/m0/s1. The number of Topliss-reactive ketones (excluding diaryl/α,β-unsaturated/α-hetero) is 4. The molecule has 1 aliphatic heterocycles. The number of rotatable bonds is 36. The fourth-order valence-electron chi connectivity index (χ4n) is 11.4. The van der Waals surface area contributed by atoms with Crippen molar-refractivity contribution in [2.24, 2.45) is 33.7 Å². The molecule has 2 aliphatic carbocycles. The molecule has 3 aromatic carbocycles. The molecule has 1 unspecified atom stereocenters. The number of nitrogens with zero attached hydrogens (tertiary/aromatic N) is 1. The Morgan fingerprint density at radius 2 is 1.36 bits per heavy atom. The number of amides is 6. The Hall–Kier alpha value is -9.48. The number of nitrogens with one attached hydrogen (secondary N) is 6. The summed E-state index contributed by atoms with van der Waals surface area (Å²) >= 11 is 0. The molecule has 0 aromatic heterocycles. The van der Waals surface area contributed by atoms with E-state index in [1.165, 1.54) is 32.0 Å². The minimum Gasteiger partial charge on any atom is -0.507 e. The second-order valence-electron chi connectivity index (χ2n) is 23.7. The summed E-state index contributed by atoms with van der Waals surface area (Å²) in [6.45, 7) is 2.27. The van der Waals surface area contributed by atoms with Crippen molar-refractivity contribution in [3.05, 3.63) is 93.0 Å². The monoisotopic (exact) mass is 1340 g/mol. The smallest absolute Gasteiger partial charge is 0.306 e. The third-order valence-corrected chi connectivity index (χ3v) is 16.4. The summed E-state index contributed by atoms with van der Waals surface area (Å²) in [5.41, 5.74) is 29.0. The number of aliphatic imine (C=N–C) groups is 1. The number of aliphatic hydroxyl groups excluding tert-OH is 2. The van der Waals surface area contributed by atoms with Crippen molar-refractivity contribution in [3.63, 3.8) is 0 Å². The van der Waals surface area contributed by atoms with Crippen molar-refractivity contribution in [2.75, 3.05) is 19.7 Å². The Balaban J connectivity index is 1.03. The number of hydrazine groups is 1. The van der Waals surface area contributed by atoms with E-state index in [1.54, 1.807) is 30.3 Å². The third-order valence-electron chi connectivity index (χ3n) is 16.4. The number of ether oxygens (including phenoxy) is 3. The van der Waals surface area contributed by atoms with Gasteiger partial charge in [-0.1, -0.05) is 48.5 Å². The number of phenols is 2. The molecule has 6 rings (SSSR count). The largest absolute Gasteiger partial charge is 0.507 e. The lowest BCUT2D eigenvalue weighted by atomic mass is 9.71. The molecule has 6 amide bonds. The number of carbonyl (C=O) groups is 13. The van der Waals surface area contributed by atoms with Gasteiger partial charge in [-0.05, 0) is 63.5 Å². The number of aliphatic hydroxyl groups is 3. The average molecular weight is 1340 g/mol. The Labute approximate surface area is 549 Å². The highest BCUT2D eigenvalue weighted by molar-refractivity contribution is 6.41. The predicted octanol–water partition coefficient (Wildman–Crippen LogP) is -3.82. The van der Waals surface area contributed by atoms with Gasteiger partial charge in [0, 0.05) is 74.0 Å². The van der Waals surface area contributed by atoms with E-state index in [2.05, 4.69) is 37.1 Å². The number of unbranched alkanes of at least 4 members (excludes halogenated alkanes) is 1. The quantitative estimate of drug-likeness (QED) is 0.00395. The molecule has 1 saturated heterocycles. The summed E-state index contributed by atoms with van der Waals surface area (Å²) in [4.78, 5) is 176. The van der Waals surface area contributed by atoms with Crippen LogP contribution in [-0.4, -0.2) is 188 Å². The van der Waals surface area contributed by atoms with E-state index in [4.69, 9.17) is 42.9 Å². The van der Waals surface area contributed by atoms with E-state index in [0.29, 0.717) is 5.56 Å². The molecule has 0 radical (unpaired) electrons. The maximum absolute atomic E-state index is 14.2. The number of hydrogen-bond acceptors (Lipinski definition) is 25. The van der Waals surface area contributed by atoms with Crippen LogP contribution >= 0.6 is 0 Å². The number of guanidine groups is 1. The van der Waals surface area contributed by atoms with Crippen LogP contribution in [0.5, 0.6) is 11.5 Å². The van der Waals surface area contributed by atoms with Crippen LogP contribution in [-0.2, 0) is 86.4 Å². The van der Waals surface area contributed by atoms with Crippen LogP contribution in [0.2, 0.25) is 0 Å². The van der Waals surface area contributed by atoms with Crippen molar-refractivity contribution in [2.45, 2.75) is 177 Å². The Morgan fingerprint density at radius 3 is 2.00 bits per heavy atom. The normalized spacial score (nSPS) is 20.2. The van der Waals surface area contributed by atoms with Gasteiger partial charge in [-0.15, -0.1) is 0 Å². The minimum absolute atomic E-state index is 0.0366. The number of ketones is 6. The molecule has 96 heavy (non-hydrogen) atoms. The molecule has 0 spiro atoms. The van der Waals surface area contributed by atoms with Gasteiger partial charge in [-0.3, -0.25) is 67.3 Å². The first kappa shape index (κ1) is 75.5. The number of phenolic OH excluding ortho intramolecular Hbond substituents is 2. The second-order valence-corrected chi connectivity index (χ2v) is 23.7. The topological polar surface area (TPSA) is 565 Å². The number of esters is 1. The van der Waals surface area contributed by atoms with Crippen molar-refractivity contribution in [1.82, 2.24) is 32.1 Å². The molecule has 21 N–H and O–H groups in total. The zero-order chi connectivity index (χ0) is 70.9. The Bertz CT molecular complexity index is 3500. The van der Waals surface area contributed by atoms with Gasteiger partial charge < -0.3 is 89.7 Å². The molecule has 33 nitrogen and oxygen atoms in total. The number of primary amides is 2. The summed E-state index contributed by atoms with van der Waals surface area (Å²) in [6, 6.07) is 3.99. The van der Waals surface area contributed by atoms with Crippen molar-refractivity contribution < 1.29 is 102 Å². The molecule has 0 saturated carbocycles. The molecule has 1 fully saturated rings. The van der Waals surface area contributed by atoms with Crippen LogP contribution in [0.15, 0.2) is 53.5 Å². The number of carbonyl (C=O) groups excluding carboxylic acids is 13. The molecule has 11 atom stereocenters. The third kappa shape index (κ3) is 19.8. The molecular formula is C63H82N12O21. The SMILES string of the molecule is CC(=O)N[C@@H](CCCN=C(N)N)C(=O)N[C@@H](CC(N)=O)C(=O)NC(CC(N)=O)C(=O)C(=O)[C@H](Cc1ccccc1)NN[C@@H](CCCCNC(=O)CCC(=O)OCC(=O)[C@]1(O)Cc2c(O)c3c(c(O)c2[C@@H](O[C@H]2C[C@H](N)[C@H](O)[C@H](C)O2)C1)C(=O)c1c(CO)cccc1C3=O)C(C)=O. The lowest BCUT2D eigenvalue weighted by Crippen LogP contribution is -2.59. The van der Waals surface area contributed by atoms with E-state index in [9.17, 15) is 87.9 Å². The zero-order valence-electron chi connectivity index (χ0n) is 53.0. The number of aromatic hydroxyl groups is 2. The molecular weight excluding hydrogens is 1260 g/mol.